The zero-order chi connectivity index (χ0) is 24.6. The Labute approximate surface area is 202 Å². The fourth-order valence-corrected chi connectivity index (χ4v) is 5.03. The number of aryl methyl sites for hydroxylation is 1. The number of benzene rings is 2. The molecule has 1 unspecified atom stereocenters. The van der Waals surface area contributed by atoms with Gasteiger partial charge in [0.25, 0.3) is 5.91 Å². The van der Waals surface area contributed by atoms with Gasteiger partial charge in [0.1, 0.15) is 6.54 Å². The van der Waals surface area contributed by atoms with Gasteiger partial charge in [-0.2, -0.15) is 0 Å². The highest BCUT2D eigenvalue weighted by Crippen LogP contribution is 2.46. The van der Waals surface area contributed by atoms with Gasteiger partial charge in [-0.15, -0.1) is 0 Å². The van der Waals surface area contributed by atoms with E-state index in [-0.39, 0.29) is 24.5 Å². The van der Waals surface area contributed by atoms with Crippen molar-refractivity contribution in [2.45, 2.75) is 30.9 Å². The number of hydrogen-bond acceptors (Lipinski definition) is 6. The molecule has 1 spiro atoms. The number of nitrogens with one attached hydrogen (secondary N) is 3. The zero-order valence-corrected chi connectivity index (χ0v) is 19.4. The fraction of sp³-hybridized carbons (Fsp3) is 0.360. The second-order valence-electron chi connectivity index (χ2n) is 9.00. The van der Waals surface area contributed by atoms with Crippen molar-refractivity contribution in [3.63, 3.8) is 0 Å². The topological polar surface area (TPSA) is 120 Å². The summed E-state index contributed by atoms with van der Waals surface area (Å²) >= 11 is 0. The maximum Gasteiger partial charge on any atom is 0.418 e. The summed E-state index contributed by atoms with van der Waals surface area (Å²) in [4.78, 5) is 53.2. The van der Waals surface area contributed by atoms with E-state index in [4.69, 9.17) is 4.74 Å². The predicted molar refractivity (Wildman–Crippen MR) is 128 cm³/mol. The normalized spacial score (nSPS) is 22.8. The lowest BCUT2D eigenvalue weighted by Gasteiger charge is -2.22. The van der Waals surface area contributed by atoms with E-state index >= 15 is 0 Å². The summed E-state index contributed by atoms with van der Waals surface area (Å²) in [7, 11) is 1.52. The molecule has 182 valence electrons. The number of rotatable bonds is 5. The van der Waals surface area contributed by atoms with E-state index < -0.39 is 17.6 Å². The summed E-state index contributed by atoms with van der Waals surface area (Å²) in [6, 6.07) is 14.7. The van der Waals surface area contributed by atoms with E-state index in [0.717, 1.165) is 22.6 Å². The van der Waals surface area contributed by atoms with Gasteiger partial charge in [-0.05, 0) is 42.7 Å². The molecule has 0 radical (unpaired) electrons. The summed E-state index contributed by atoms with van der Waals surface area (Å²) in [6.45, 7) is 0.707. The summed E-state index contributed by atoms with van der Waals surface area (Å²) < 4.78 is 5.62. The standard InChI is InChI=1S/C25H27N5O5/c1-26-23(33)28-18-7-8-20-16(13-18)9-11-25(20)22(32)30(24(34)35-25)15-21(31)29-12-10-19(14-29)27-17-5-3-2-4-6-17/h2-8,13,19,27H,9-12,14-15H2,1H3,(H2,26,28,33)/t19?,25-/m1/s1. The third-order valence-corrected chi connectivity index (χ3v) is 6.82. The Hall–Kier alpha value is -4.08. The van der Waals surface area contributed by atoms with E-state index in [2.05, 4.69) is 16.0 Å². The molecule has 2 aromatic rings. The number of anilines is 2. The van der Waals surface area contributed by atoms with Crippen LogP contribution in [0.25, 0.3) is 0 Å². The highest BCUT2D eigenvalue weighted by Gasteiger charge is 2.58. The summed E-state index contributed by atoms with van der Waals surface area (Å²) in [5, 5.41) is 8.59. The third kappa shape index (κ3) is 4.16. The van der Waals surface area contributed by atoms with E-state index in [1.54, 1.807) is 23.1 Å². The molecule has 2 heterocycles. The van der Waals surface area contributed by atoms with Crippen molar-refractivity contribution in [2.75, 3.05) is 37.3 Å². The number of nitrogens with zero attached hydrogens (tertiary/aromatic N) is 2. The number of carbonyl (C=O) groups is 4. The average Bonchev–Trinajstić information content (AvgIpc) is 3.53. The summed E-state index contributed by atoms with van der Waals surface area (Å²) in [5.41, 5.74) is 1.57. The van der Waals surface area contributed by atoms with Crippen LogP contribution in [-0.2, 0) is 26.3 Å². The molecular weight excluding hydrogens is 450 g/mol. The number of para-hydroxylation sites is 1. The number of ether oxygens (including phenoxy) is 1. The molecule has 3 aliphatic rings. The molecule has 10 nitrogen and oxygen atoms in total. The highest BCUT2D eigenvalue weighted by molar-refractivity contribution is 6.06. The van der Waals surface area contributed by atoms with Crippen LogP contribution in [0.1, 0.15) is 24.0 Å². The second-order valence-corrected chi connectivity index (χ2v) is 9.00. The SMILES string of the molecule is CNC(=O)Nc1ccc2c(c1)CC[C@@]21OC(=O)N(CC(=O)N2CCC(Nc3ccccc3)C2)C1=O. The zero-order valence-electron chi connectivity index (χ0n) is 19.4. The van der Waals surface area contributed by atoms with Crippen LogP contribution in [0.5, 0.6) is 0 Å². The smallest absolute Gasteiger partial charge is 0.418 e. The van der Waals surface area contributed by atoms with E-state index in [9.17, 15) is 19.2 Å². The molecule has 35 heavy (non-hydrogen) atoms. The lowest BCUT2D eigenvalue weighted by atomic mass is 9.94. The van der Waals surface area contributed by atoms with E-state index in [1.165, 1.54) is 7.05 Å². The minimum Gasteiger partial charge on any atom is -0.427 e. The minimum atomic E-state index is -1.42. The Balaban J connectivity index is 1.25. The maximum atomic E-state index is 13.4. The number of carbonyl (C=O) groups excluding carboxylic acids is 4. The van der Waals surface area contributed by atoms with Gasteiger partial charge in [-0.1, -0.05) is 24.3 Å². The Morgan fingerprint density at radius 2 is 1.91 bits per heavy atom. The number of hydrogen-bond donors (Lipinski definition) is 3. The van der Waals surface area contributed by atoms with Gasteiger partial charge >= 0.3 is 12.1 Å². The van der Waals surface area contributed by atoms with Crippen molar-refractivity contribution in [1.29, 1.82) is 0 Å². The second kappa shape index (κ2) is 8.94. The Bertz CT molecular complexity index is 1190. The molecule has 0 aromatic heterocycles. The quantitative estimate of drug-likeness (QED) is 0.608. The molecule has 2 atom stereocenters. The summed E-state index contributed by atoms with van der Waals surface area (Å²) in [5.74, 6) is -0.798. The van der Waals surface area contributed by atoms with Gasteiger partial charge in [0, 0.05) is 49.5 Å². The predicted octanol–water partition coefficient (Wildman–Crippen LogP) is 2.27. The molecule has 2 saturated heterocycles. The third-order valence-electron chi connectivity index (χ3n) is 6.82. The Kier molecular flexibility index (Phi) is 5.80. The Morgan fingerprint density at radius 3 is 2.69 bits per heavy atom. The molecule has 2 aliphatic heterocycles. The number of fused-ring (bicyclic) bond motifs is 2. The van der Waals surface area contributed by atoms with Gasteiger partial charge in [0.05, 0.1) is 0 Å². The molecule has 2 aromatic carbocycles. The van der Waals surface area contributed by atoms with E-state index in [0.29, 0.717) is 37.2 Å². The fourth-order valence-electron chi connectivity index (χ4n) is 5.03. The number of amides is 5. The molecule has 0 bridgehead atoms. The molecular formula is C25H27N5O5. The number of urea groups is 1. The molecule has 1 aliphatic carbocycles. The number of imide groups is 1. The van der Waals surface area contributed by atoms with Crippen LogP contribution in [0.4, 0.5) is 21.0 Å². The van der Waals surface area contributed by atoms with Gasteiger partial charge in [-0.3, -0.25) is 9.59 Å². The largest absolute Gasteiger partial charge is 0.427 e. The van der Waals surface area contributed by atoms with Crippen LogP contribution in [0.2, 0.25) is 0 Å². The first-order valence-corrected chi connectivity index (χ1v) is 11.7. The van der Waals surface area contributed by atoms with Gasteiger partial charge in [0.15, 0.2) is 0 Å². The van der Waals surface area contributed by atoms with Crippen LogP contribution in [-0.4, -0.2) is 66.5 Å². The van der Waals surface area contributed by atoms with Crippen molar-refractivity contribution in [1.82, 2.24) is 15.1 Å². The highest BCUT2D eigenvalue weighted by atomic mass is 16.6. The molecule has 10 heteroatoms. The molecule has 5 rings (SSSR count). The Morgan fingerprint density at radius 1 is 1.11 bits per heavy atom. The maximum absolute atomic E-state index is 13.4. The molecule has 3 N–H and O–H groups in total. The van der Waals surface area contributed by atoms with Crippen molar-refractivity contribution in [3.8, 4) is 0 Å². The summed E-state index contributed by atoms with van der Waals surface area (Å²) in [6.07, 6.45) is 0.788. The van der Waals surface area contributed by atoms with Crippen LogP contribution >= 0.6 is 0 Å². The van der Waals surface area contributed by atoms with Crippen LogP contribution < -0.4 is 16.0 Å². The number of likely N-dealkylation sites (tertiary alicyclic amines) is 1. The van der Waals surface area contributed by atoms with Crippen LogP contribution in [0.3, 0.4) is 0 Å². The molecule has 2 fully saturated rings. The monoisotopic (exact) mass is 477 g/mol. The molecule has 5 amide bonds. The first-order chi connectivity index (χ1) is 16.9. The van der Waals surface area contributed by atoms with Gasteiger partial charge in [0.2, 0.25) is 11.5 Å². The lowest BCUT2D eigenvalue weighted by Crippen LogP contribution is -2.44. The van der Waals surface area contributed by atoms with Gasteiger partial charge < -0.3 is 25.6 Å². The van der Waals surface area contributed by atoms with E-state index in [1.807, 2.05) is 30.3 Å². The average molecular weight is 478 g/mol. The first kappa shape index (κ1) is 22.7. The van der Waals surface area contributed by atoms with Crippen molar-refractivity contribution in [2.24, 2.45) is 0 Å². The van der Waals surface area contributed by atoms with Gasteiger partial charge in [-0.25, -0.2) is 14.5 Å². The van der Waals surface area contributed by atoms with Crippen molar-refractivity contribution < 1.29 is 23.9 Å². The first-order valence-electron chi connectivity index (χ1n) is 11.7. The van der Waals surface area contributed by atoms with Crippen LogP contribution in [0.15, 0.2) is 48.5 Å². The van der Waals surface area contributed by atoms with Crippen molar-refractivity contribution >= 4 is 35.3 Å². The van der Waals surface area contributed by atoms with Crippen LogP contribution in [0, 0.1) is 0 Å². The van der Waals surface area contributed by atoms with Crippen molar-refractivity contribution in [3.05, 3.63) is 59.7 Å². The molecule has 0 saturated carbocycles. The minimum absolute atomic E-state index is 0.105. The lowest BCUT2D eigenvalue weighted by molar-refractivity contribution is -0.141.